The van der Waals surface area contributed by atoms with E-state index in [1.165, 1.54) is 0 Å². The van der Waals surface area contributed by atoms with Crippen LogP contribution in [0.15, 0.2) is 0 Å². The minimum atomic E-state index is -0.724. The minimum absolute atomic E-state index is 0.0197. The Balaban J connectivity index is 4.15. The van der Waals surface area contributed by atoms with Gasteiger partial charge in [0.2, 0.25) is 17.7 Å². The summed E-state index contributed by atoms with van der Waals surface area (Å²) in [5, 5.41) is 7.44. The monoisotopic (exact) mass is 276 g/mol. The molecule has 1 atom stereocenters. The molecule has 0 spiro atoms. The molecule has 1 unspecified atom stereocenters. The lowest BCUT2D eigenvalue weighted by Gasteiger charge is -2.18. The summed E-state index contributed by atoms with van der Waals surface area (Å²) in [5.74, 6) is -1.03. The van der Waals surface area contributed by atoms with Gasteiger partial charge in [-0.3, -0.25) is 14.4 Å². The van der Waals surface area contributed by atoms with E-state index in [1.54, 1.807) is 0 Å². The molecule has 104 valence electrons. The molecule has 7 nitrogen and oxygen atoms in total. The zero-order valence-electron chi connectivity index (χ0n) is 10.5. The van der Waals surface area contributed by atoms with E-state index in [9.17, 15) is 14.4 Å². The highest BCUT2D eigenvalue weighted by Crippen LogP contribution is 1.90. The Morgan fingerprint density at radius 3 is 2.22 bits per heavy atom. The first-order valence-corrected chi connectivity index (χ1v) is 6.21. The minimum Gasteiger partial charge on any atom is -0.352 e. The van der Waals surface area contributed by atoms with Crippen molar-refractivity contribution in [3.63, 3.8) is 0 Å². The first-order chi connectivity index (χ1) is 8.40. The van der Waals surface area contributed by atoms with Crippen molar-refractivity contribution in [2.45, 2.75) is 25.9 Å². The quantitative estimate of drug-likeness (QED) is 0.346. The molecule has 0 aliphatic rings. The van der Waals surface area contributed by atoms with Crippen LogP contribution in [0.25, 0.3) is 0 Å². The van der Waals surface area contributed by atoms with Crippen molar-refractivity contribution in [2.75, 3.05) is 18.8 Å². The van der Waals surface area contributed by atoms with Crippen LogP contribution in [0.3, 0.4) is 0 Å². The van der Waals surface area contributed by atoms with Crippen molar-refractivity contribution >= 4 is 30.4 Å². The molecule has 0 bridgehead atoms. The second-order valence-electron chi connectivity index (χ2n) is 3.95. The van der Waals surface area contributed by atoms with Gasteiger partial charge < -0.3 is 21.7 Å². The van der Waals surface area contributed by atoms with Crippen LogP contribution in [0.1, 0.15) is 13.8 Å². The number of carbonyl (C=O) groups excluding carboxylic acids is 3. The number of carbonyl (C=O) groups is 3. The SMILES string of the molecule is CC(C)NC(=O)C(CS)NC(=O)CNC(=O)CN. The predicted octanol–water partition coefficient (Wildman–Crippen LogP) is -2.00. The Labute approximate surface area is 112 Å². The Morgan fingerprint density at radius 2 is 1.78 bits per heavy atom. The zero-order chi connectivity index (χ0) is 14.1. The fraction of sp³-hybridized carbons (Fsp3) is 0.700. The third-order valence-electron chi connectivity index (χ3n) is 1.90. The second kappa shape index (κ2) is 8.76. The molecule has 8 heteroatoms. The van der Waals surface area contributed by atoms with Crippen molar-refractivity contribution in [3.05, 3.63) is 0 Å². The number of amides is 3. The summed E-state index contributed by atoms with van der Waals surface area (Å²) in [6.07, 6.45) is 0. The molecule has 0 aromatic carbocycles. The second-order valence-corrected chi connectivity index (χ2v) is 4.31. The average molecular weight is 276 g/mol. The van der Waals surface area contributed by atoms with E-state index in [4.69, 9.17) is 5.73 Å². The average Bonchev–Trinajstić information content (AvgIpc) is 2.31. The molecular formula is C10H20N4O3S. The van der Waals surface area contributed by atoms with Gasteiger partial charge in [0.1, 0.15) is 6.04 Å². The summed E-state index contributed by atoms with van der Waals surface area (Å²) in [6.45, 7) is 3.24. The van der Waals surface area contributed by atoms with Crippen LogP contribution >= 0.6 is 12.6 Å². The molecule has 0 rings (SSSR count). The molecule has 0 saturated heterocycles. The molecule has 18 heavy (non-hydrogen) atoms. The van der Waals surface area contributed by atoms with Gasteiger partial charge in [-0.15, -0.1) is 0 Å². The van der Waals surface area contributed by atoms with Gasteiger partial charge in [-0.2, -0.15) is 12.6 Å². The Hall–Kier alpha value is -1.28. The van der Waals surface area contributed by atoms with E-state index in [2.05, 4.69) is 28.6 Å². The maximum atomic E-state index is 11.6. The van der Waals surface area contributed by atoms with Crippen molar-refractivity contribution in [3.8, 4) is 0 Å². The smallest absolute Gasteiger partial charge is 0.243 e. The molecule has 0 saturated carbocycles. The highest BCUT2D eigenvalue weighted by atomic mass is 32.1. The Bertz CT molecular complexity index is 309. The van der Waals surface area contributed by atoms with E-state index >= 15 is 0 Å². The summed E-state index contributed by atoms with van der Waals surface area (Å²) >= 11 is 4.00. The van der Waals surface area contributed by atoms with Gasteiger partial charge in [0, 0.05) is 11.8 Å². The molecule has 0 aromatic rings. The Morgan fingerprint density at radius 1 is 1.17 bits per heavy atom. The van der Waals surface area contributed by atoms with E-state index in [-0.39, 0.29) is 30.8 Å². The maximum Gasteiger partial charge on any atom is 0.243 e. The van der Waals surface area contributed by atoms with E-state index < -0.39 is 17.9 Å². The highest BCUT2D eigenvalue weighted by molar-refractivity contribution is 7.80. The van der Waals surface area contributed by atoms with Gasteiger partial charge in [0.05, 0.1) is 13.1 Å². The topological polar surface area (TPSA) is 113 Å². The number of thiol groups is 1. The number of hydrogen-bond acceptors (Lipinski definition) is 5. The normalized spacial score (nSPS) is 11.8. The molecule has 0 fully saturated rings. The highest BCUT2D eigenvalue weighted by Gasteiger charge is 2.19. The van der Waals surface area contributed by atoms with Crippen molar-refractivity contribution < 1.29 is 14.4 Å². The van der Waals surface area contributed by atoms with E-state index in [1.807, 2.05) is 13.8 Å². The molecule has 0 aromatic heterocycles. The molecule has 0 heterocycles. The summed E-state index contributed by atoms with van der Waals surface area (Å²) in [7, 11) is 0. The lowest BCUT2D eigenvalue weighted by atomic mass is 10.2. The van der Waals surface area contributed by atoms with Crippen molar-refractivity contribution in [2.24, 2.45) is 5.73 Å². The summed E-state index contributed by atoms with van der Waals surface area (Å²) < 4.78 is 0. The van der Waals surface area contributed by atoms with Gasteiger partial charge in [-0.25, -0.2) is 0 Å². The summed E-state index contributed by atoms with van der Waals surface area (Å²) in [5.41, 5.74) is 5.07. The van der Waals surface area contributed by atoms with Gasteiger partial charge in [-0.1, -0.05) is 0 Å². The number of rotatable bonds is 7. The van der Waals surface area contributed by atoms with Crippen LogP contribution in [0, 0.1) is 0 Å². The van der Waals surface area contributed by atoms with Crippen LogP contribution in [0.5, 0.6) is 0 Å². The summed E-state index contributed by atoms with van der Waals surface area (Å²) in [4.78, 5) is 33.9. The summed E-state index contributed by atoms with van der Waals surface area (Å²) in [6, 6.07) is -0.744. The van der Waals surface area contributed by atoms with Gasteiger partial charge >= 0.3 is 0 Å². The van der Waals surface area contributed by atoms with Crippen molar-refractivity contribution in [1.29, 1.82) is 0 Å². The zero-order valence-corrected chi connectivity index (χ0v) is 11.4. The molecule has 0 aliphatic carbocycles. The molecule has 3 amide bonds. The molecular weight excluding hydrogens is 256 g/mol. The van der Waals surface area contributed by atoms with E-state index in [0.717, 1.165) is 0 Å². The Kier molecular flexibility index (Phi) is 8.14. The largest absolute Gasteiger partial charge is 0.352 e. The first kappa shape index (κ1) is 16.7. The molecule has 0 aliphatic heterocycles. The number of nitrogens with two attached hydrogens (primary N) is 1. The van der Waals surface area contributed by atoms with Crippen LogP contribution in [0.2, 0.25) is 0 Å². The third kappa shape index (κ3) is 7.13. The van der Waals surface area contributed by atoms with Crippen LogP contribution in [0.4, 0.5) is 0 Å². The number of hydrogen-bond donors (Lipinski definition) is 5. The fourth-order valence-corrected chi connectivity index (χ4v) is 1.33. The van der Waals surface area contributed by atoms with Crippen LogP contribution in [-0.4, -0.2) is 48.6 Å². The predicted molar refractivity (Wildman–Crippen MR) is 71.1 cm³/mol. The van der Waals surface area contributed by atoms with Crippen molar-refractivity contribution in [1.82, 2.24) is 16.0 Å². The first-order valence-electron chi connectivity index (χ1n) is 5.58. The molecule has 5 N–H and O–H groups in total. The number of nitrogens with one attached hydrogen (secondary N) is 3. The van der Waals surface area contributed by atoms with E-state index in [0.29, 0.717) is 0 Å². The maximum absolute atomic E-state index is 11.6. The third-order valence-corrected chi connectivity index (χ3v) is 2.26. The fourth-order valence-electron chi connectivity index (χ4n) is 1.08. The van der Waals surface area contributed by atoms with Gasteiger partial charge in [-0.05, 0) is 13.8 Å². The molecule has 0 radical (unpaired) electrons. The van der Waals surface area contributed by atoms with Crippen LogP contribution < -0.4 is 21.7 Å². The standard InChI is InChI=1S/C10H20N4O3S/c1-6(2)13-10(17)7(5-18)14-9(16)4-12-8(15)3-11/h6-7,18H,3-5,11H2,1-2H3,(H,12,15)(H,13,17)(H,14,16). The van der Waals surface area contributed by atoms with Gasteiger partial charge in [0.25, 0.3) is 0 Å². The van der Waals surface area contributed by atoms with Gasteiger partial charge in [0.15, 0.2) is 0 Å². The van der Waals surface area contributed by atoms with Crippen LogP contribution in [-0.2, 0) is 14.4 Å². The lowest BCUT2D eigenvalue weighted by Crippen LogP contribution is -2.52. The lowest BCUT2D eigenvalue weighted by molar-refractivity contribution is -0.129.